The molecular formula is C17H12ClNO4. The molecule has 3 aromatic rings. The first-order chi connectivity index (χ1) is 11.1. The Labute approximate surface area is 136 Å². The van der Waals surface area contributed by atoms with E-state index in [-0.39, 0.29) is 5.56 Å². The molecule has 0 bridgehead atoms. The van der Waals surface area contributed by atoms with Crippen molar-refractivity contribution in [2.45, 2.75) is 0 Å². The van der Waals surface area contributed by atoms with Crippen molar-refractivity contribution in [3.63, 3.8) is 0 Å². The Morgan fingerprint density at radius 3 is 2.70 bits per heavy atom. The van der Waals surface area contributed by atoms with E-state index in [1.807, 2.05) is 0 Å². The van der Waals surface area contributed by atoms with Gasteiger partial charge in [0.25, 0.3) is 5.91 Å². The minimum absolute atomic E-state index is 0.0919. The van der Waals surface area contributed by atoms with Crippen LogP contribution in [0.4, 0.5) is 5.69 Å². The number of nitrogens with one attached hydrogen (secondary N) is 1. The monoisotopic (exact) mass is 329 g/mol. The van der Waals surface area contributed by atoms with E-state index in [1.165, 1.54) is 13.2 Å². The summed E-state index contributed by atoms with van der Waals surface area (Å²) in [6, 6.07) is 13.3. The molecule has 1 aromatic heterocycles. The number of benzene rings is 2. The lowest BCUT2D eigenvalue weighted by Crippen LogP contribution is -2.20. The van der Waals surface area contributed by atoms with Gasteiger partial charge in [0, 0.05) is 16.1 Å². The van der Waals surface area contributed by atoms with Gasteiger partial charge in [-0.05, 0) is 30.3 Å². The average Bonchev–Trinajstić information content (AvgIpc) is 2.53. The average molecular weight is 330 g/mol. The normalized spacial score (nSPS) is 10.5. The molecule has 0 unspecified atom stereocenters. The van der Waals surface area contributed by atoms with Crippen LogP contribution in [0.2, 0.25) is 5.02 Å². The number of ether oxygens (including phenoxy) is 1. The van der Waals surface area contributed by atoms with Crippen LogP contribution in [0.25, 0.3) is 11.0 Å². The molecule has 23 heavy (non-hydrogen) atoms. The SMILES string of the molecule is COc1cccc2cc(C(=O)Nc3cccc(Cl)c3)c(=O)oc12. The van der Waals surface area contributed by atoms with Crippen LogP contribution in [0, 0.1) is 0 Å². The first-order valence-corrected chi connectivity index (χ1v) is 7.14. The van der Waals surface area contributed by atoms with Crippen LogP contribution in [-0.4, -0.2) is 13.0 Å². The summed E-state index contributed by atoms with van der Waals surface area (Å²) in [4.78, 5) is 24.4. The maximum atomic E-state index is 12.3. The summed E-state index contributed by atoms with van der Waals surface area (Å²) < 4.78 is 10.4. The van der Waals surface area contributed by atoms with Gasteiger partial charge in [0.05, 0.1) is 7.11 Å². The molecule has 0 aliphatic rings. The summed E-state index contributed by atoms with van der Waals surface area (Å²) in [5, 5.41) is 3.70. The van der Waals surface area contributed by atoms with Crippen molar-refractivity contribution in [1.29, 1.82) is 0 Å². The third-order valence-electron chi connectivity index (χ3n) is 3.27. The molecule has 0 fully saturated rings. The van der Waals surface area contributed by atoms with Gasteiger partial charge in [0.1, 0.15) is 5.56 Å². The molecule has 5 nitrogen and oxygen atoms in total. The number of hydrogen-bond donors (Lipinski definition) is 1. The van der Waals surface area contributed by atoms with Gasteiger partial charge in [-0.3, -0.25) is 4.79 Å². The lowest BCUT2D eigenvalue weighted by atomic mass is 10.1. The molecule has 2 aromatic carbocycles. The summed E-state index contributed by atoms with van der Waals surface area (Å²) in [5.74, 6) is -0.132. The number of rotatable bonds is 3. The topological polar surface area (TPSA) is 68.5 Å². The molecule has 1 heterocycles. The minimum atomic E-state index is -0.735. The van der Waals surface area contributed by atoms with Crippen LogP contribution in [0.1, 0.15) is 10.4 Å². The highest BCUT2D eigenvalue weighted by Crippen LogP contribution is 2.24. The molecule has 1 amide bonds. The van der Waals surface area contributed by atoms with Gasteiger partial charge < -0.3 is 14.5 Å². The van der Waals surface area contributed by atoms with E-state index >= 15 is 0 Å². The summed E-state index contributed by atoms with van der Waals surface area (Å²) >= 11 is 5.87. The number of anilines is 1. The largest absolute Gasteiger partial charge is 0.493 e. The predicted octanol–water partition coefficient (Wildman–Crippen LogP) is 3.71. The van der Waals surface area contributed by atoms with Crippen molar-refractivity contribution in [3.05, 3.63) is 69.5 Å². The molecule has 0 saturated heterocycles. The summed E-state index contributed by atoms with van der Waals surface area (Å²) in [6.45, 7) is 0. The number of hydrogen-bond acceptors (Lipinski definition) is 4. The number of halogens is 1. The van der Waals surface area contributed by atoms with Crippen molar-refractivity contribution in [2.24, 2.45) is 0 Å². The molecule has 0 spiro atoms. The second-order valence-electron chi connectivity index (χ2n) is 4.79. The first-order valence-electron chi connectivity index (χ1n) is 6.76. The van der Waals surface area contributed by atoms with Gasteiger partial charge >= 0.3 is 5.63 Å². The van der Waals surface area contributed by atoms with E-state index in [2.05, 4.69) is 5.32 Å². The molecule has 0 aliphatic carbocycles. The fourth-order valence-corrected chi connectivity index (χ4v) is 2.39. The molecule has 6 heteroatoms. The molecule has 116 valence electrons. The molecule has 3 rings (SSSR count). The molecule has 0 aliphatic heterocycles. The van der Waals surface area contributed by atoms with Gasteiger partial charge in [-0.15, -0.1) is 0 Å². The zero-order chi connectivity index (χ0) is 16.4. The maximum absolute atomic E-state index is 12.3. The van der Waals surface area contributed by atoms with Crippen molar-refractivity contribution < 1.29 is 13.9 Å². The predicted molar refractivity (Wildman–Crippen MR) is 88.4 cm³/mol. The van der Waals surface area contributed by atoms with Crippen LogP contribution in [0.3, 0.4) is 0 Å². The van der Waals surface area contributed by atoms with Crippen molar-refractivity contribution in [1.82, 2.24) is 0 Å². The third-order valence-corrected chi connectivity index (χ3v) is 3.51. The number of para-hydroxylation sites is 1. The van der Waals surface area contributed by atoms with E-state index in [0.717, 1.165) is 0 Å². The van der Waals surface area contributed by atoms with Crippen LogP contribution in [0.15, 0.2) is 57.7 Å². The van der Waals surface area contributed by atoms with Crippen molar-refractivity contribution in [3.8, 4) is 5.75 Å². The number of amides is 1. The molecule has 0 radical (unpaired) electrons. The summed E-state index contributed by atoms with van der Waals surface area (Å²) in [6.07, 6.45) is 0. The molecule has 0 saturated carbocycles. The third kappa shape index (κ3) is 3.05. The Bertz CT molecular complexity index is 949. The highest BCUT2D eigenvalue weighted by molar-refractivity contribution is 6.31. The van der Waals surface area contributed by atoms with Gasteiger partial charge in [0.15, 0.2) is 11.3 Å². The van der Waals surface area contributed by atoms with Crippen molar-refractivity contribution >= 4 is 34.2 Å². The van der Waals surface area contributed by atoms with E-state index in [1.54, 1.807) is 42.5 Å². The number of fused-ring (bicyclic) bond motifs is 1. The summed E-state index contributed by atoms with van der Waals surface area (Å²) in [5.41, 5.74) is -0.0285. The number of carbonyl (C=O) groups excluding carboxylic acids is 1. The first kappa shape index (κ1) is 15.1. The zero-order valence-corrected chi connectivity index (χ0v) is 12.9. The lowest BCUT2D eigenvalue weighted by Gasteiger charge is -2.07. The Hall–Kier alpha value is -2.79. The highest BCUT2D eigenvalue weighted by Gasteiger charge is 2.15. The van der Waals surface area contributed by atoms with Gasteiger partial charge in [-0.25, -0.2) is 4.79 Å². The fraction of sp³-hybridized carbons (Fsp3) is 0.0588. The number of carbonyl (C=O) groups is 1. The molecular weight excluding hydrogens is 318 g/mol. The van der Waals surface area contributed by atoms with Crippen LogP contribution < -0.4 is 15.7 Å². The Morgan fingerprint density at radius 2 is 1.96 bits per heavy atom. The minimum Gasteiger partial charge on any atom is -0.493 e. The van der Waals surface area contributed by atoms with Gasteiger partial charge in [-0.2, -0.15) is 0 Å². The molecule has 1 N–H and O–H groups in total. The van der Waals surface area contributed by atoms with E-state index in [4.69, 9.17) is 20.8 Å². The van der Waals surface area contributed by atoms with Crippen LogP contribution in [0.5, 0.6) is 5.75 Å². The van der Waals surface area contributed by atoms with E-state index in [0.29, 0.717) is 27.4 Å². The lowest BCUT2D eigenvalue weighted by molar-refractivity contribution is 0.102. The zero-order valence-electron chi connectivity index (χ0n) is 12.1. The second-order valence-corrected chi connectivity index (χ2v) is 5.23. The van der Waals surface area contributed by atoms with Crippen molar-refractivity contribution in [2.75, 3.05) is 12.4 Å². The quantitative estimate of drug-likeness (QED) is 0.744. The Balaban J connectivity index is 2.01. The van der Waals surface area contributed by atoms with Crippen LogP contribution >= 0.6 is 11.6 Å². The Kier molecular flexibility index (Phi) is 4.04. The smallest absolute Gasteiger partial charge is 0.349 e. The van der Waals surface area contributed by atoms with E-state index in [9.17, 15) is 9.59 Å². The van der Waals surface area contributed by atoms with Crippen LogP contribution in [-0.2, 0) is 0 Å². The summed E-state index contributed by atoms with van der Waals surface area (Å²) in [7, 11) is 1.48. The van der Waals surface area contributed by atoms with E-state index < -0.39 is 11.5 Å². The molecule has 0 atom stereocenters. The highest BCUT2D eigenvalue weighted by atomic mass is 35.5. The fourth-order valence-electron chi connectivity index (χ4n) is 2.20. The second kappa shape index (κ2) is 6.14. The van der Waals surface area contributed by atoms with Gasteiger partial charge in [-0.1, -0.05) is 29.8 Å². The standard InChI is InChI=1S/C17H12ClNO4/c1-22-14-7-2-4-10-8-13(17(21)23-15(10)14)16(20)19-12-6-3-5-11(18)9-12/h2-9H,1H3,(H,19,20). The van der Waals surface area contributed by atoms with Gasteiger partial charge in [0.2, 0.25) is 0 Å². The maximum Gasteiger partial charge on any atom is 0.349 e. The Morgan fingerprint density at radius 1 is 1.17 bits per heavy atom. The number of methoxy groups -OCH3 is 1.